The summed E-state index contributed by atoms with van der Waals surface area (Å²) in [6.45, 7) is 11.0. The van der Waals surface area contributed by atoms with Gasteiger partial charge in [-0.1, -0.05) is 63.8 Å². The molecule has 0 amide bonds. The second kappa shape index (κ2) is 13.3. The lowest BCUT2D eigenvalue weighted by atomic mass is 10.2. The quantitative estimate of drug-likeness (QED) is 0.578. The third kappa shape index (κ3) is 10.7. The van der Waals surface area contributed by atoms with Crippen molar-refractivity contribution >= 4 is 17.6 Å². The van der Waals surface area contributed by atoms with E-state index in [2.05, 4.69) is 27.8 Å². The number of hydrogen-bond donors (Lipinski definition) is 0. The van der Waals surface area contributed by atoms with Crippen molar-refractivity contribution in [3.8, 4) is 0 Å². The molecule has 0 saturated carbocycles. The summed E-state index contributed by atoms with van der Waals surface area (Å²) in [6.07, 6.45) is 8.20. The maximum absolute atomic E-state index is 10.2. The second-order valence-electron chi connectivity index (χ2n) is 6.65. The number of quaternary nitrogens is 1. The maximum atomic E-state index is 10.2. The van der Waals surface area contributed by atoms with Crippen LogP contribution in [0.1, 0.15) is 69.7 Å². The molecule has 138 valence electrons. The van der Waals surface area contributed by atoms with E-state index in [-0.39, 0.29) is 5.56 Å². The van der Waals surface area contributed by atoms with Crippen molar-refractivity contribution in [2.45, 2.75) is 59.3 Å². The van der Waals surface area contributed by atoms with Gasteiger partial charge in [-0.15, -0.1) is 0 Å². The average molecular weight is 356 g/mol. The molecule has 0 atom stereocenters. The molecule has 4 heteroatoms. The zero-order valence-corrected chi connectivity index (χ0v) is 16.6. The molecule has 0 aliphatic rings. The Morgan fingerprint density at radius 3 is 1.75 bits per heavy atom. The van der Waals surface area contributed by atoms with E-state index in [9.17, 15) is 9.90 Å². The van der Waals surface area contributed by atoms with Crippen LogP contribution >= 0.6 is 11.6 Å². The number of halogens is 1. The topological polar surface area (TPSA) is 40.1 Å². The fourth-order valence-corrected chi connectivity index (χ4v) is 2.76. The molecule has 1 aromatic carbocycles. The average Bonchev–Trinajstić information content (AvgIpc) is 2.57. The molecule has 0 heterocycles. The molecule has 0 unspecified atom stereocenters. The highest BCUT2D eigenvalue weighted by Gasteiger charge is 2.18. The molecular weight excluding hydrogens is 322 g/mol. The Balaban J connectivity index is 0.000000463. The maximum Gasteiger partial charge on any atom is 0.0784 e. The number of carboxylic acid groups (broad SMARTS) is 1. The second-order valence-corrected chi connectivity index (χ2v) is 7.09. The predicted molar refractivity (Wildman–Crippen MR) is 101 cm³/mol. The molecule has 24 heavy (non-hydrogen) atoms. The first-order valence-corrected chi connectivity index (χ1v) is 9.56. The van der Waals surface area contributed by atoms with Gasteiger partial charge in [0.1, 0.15) is 0 Å². The van der Waals surface area contributed by atoms with Crippen LogP contribution < -0.4 is 5.11 Å². The van der Waals surface area contributed by atoms with Crippen LogP contribution in [0.4, 0.5) is 0 Å². The van der Waals surface area contributed by atoms with Gasteiger partial charge in [0, 0.05) is 5.02 Å². The van der Waals surface area contributed by atoms with Crippen LogP contribution in [0.2, 0.25) is 5.02 Å². The fourth-order valence-electron chi connectivity index (χ4n) is 2.57. The fraction of sp³-hybridized carbons (Fsp3) is 0.650. The monoisotopic (exact) mass is 355 g/mol. The number of rotatable bonds is 10. The lowest BCUT2D eigenvalue weighted by Gasteiger charge is -2.34. The third-order valence-corrected chi connectivity index (χ3v) is 4.45. The minimum absolute atomic E-state index is 0.104. The van der Waals surface area contributed by atoms with Crippen LogP contribution in [0.25, 0.3) is 0 Å². The van der Waals surface area contributed by atoms with Crippen LogP contribution in [-0.4, -0.2) is 37.1 Å². The summed E-state index contributed by atoms with van der Waals surface area (Å²) in [4.78, 5) is 10.2. The summed E-state index contributed by atoms with van der Waals surface area (Å²) < 4.78 is 1.32. The molecule has 1 rings (SSSR count). The highest BCUT2D eigenvalue weighted by atomic mass is 35.5. The van der Waals surface area contributed by atoms with E-state index in [0.29, 0.717) is 5.02 Å². The number of hydrogen-bond acceptors (Lipinski definition) is 2. The van der Waals surface area contributed by atoms with Crippen LogP contribution in [0.5, 0.6) is 0 Å². The van der Waals surface area contributed by atoms with Gasteiger partial charge < -0.3 is 14.4 Å². The lowest BCUT2D eigenvalue weighted by molar-refractivity contribution is -0.910. The number of carbonyl (C=O) groups excluding carboxylic acids is 1. The Morgan fingerprint density at radius 1 is 1.00 bits per heavy atom. The van der Waals surface area contributed by atoms with Gasteiger partial charge in [-0.3, -0.25) is 0 Å². The molecule has 0 saturated heterocycles. The van der Waals surface area contributed by atoms with E-state index in [1.807, 2.05) is 0 Å². The summed E-state index contributed by atoms with van der Waals surface area (Å²) in [5.41, 5.74) is 0.104. The van der Waals surface area contributed by atoms with E-state index < -0.39 is 5.97 Å². The molecule has 0 aliphatic carbocycles. The van der Waals surface area contributed by atoms with Crippen molar-refractivity contribution in [3.63, 3.8) is 0 Å². The first kappa shape index (κ1) is 22.9. The summed E-state index contributed by atoms with van der Waals surface area (Å²) in [5.74, 6) is -1.21. The van der Waals surface area contributed by atoms with Gasteiger partial charge in [0.05, 0.1) is 32.7 Å². The van der Waals surface area contributed by atoms with Crippen molar-refractivity contribution in [1.82, 2.24) is 0 Å². The Morgan fingerprint density at radius 2 is 1.46 bits per heavy atom. The van der Waals surface area contributed by atoms with Gasteiger partial charge >= 0.3 is 0 Å². The van der Waals surface area contributed by atoms with Crippen molar-refractivity contribution in [2.24, 2.45) is 0 Å². The molecule has 0 radical (unpaired) electrons. The third-order valence-electron chi connectivity index (χ3n) is 4.21. The molecule has 0 N–H and O–H groups in total. The largest absolute Gasteiger partial charge is 0.545 e. The SMILES string of the molecule is CCCC[N+](C)(CCCC)CCCC.O=C([O-])c1cccc(Cl)c1. The van der Waals surface area contributed by atoms with Crippen LogP contribution in [0, 0.1) is 0 Å². The minimum atomic E-state index is -1.21. The zero-order chi connectivity index (χ0) is 18.4. The van der Waals surface area contributed by atoms with E-state index in [4.69, 9.17) is 11.6 Å². The van der Waals surface area contributed by atoms with Gasteiger partial charge in [-0.05, 0) is 37.0 Å². The van der Waals surface area contributed by atoms with Crippen LogP contribution in [0.3, 0.4) is 0 Å². The van der Waals surface area contributed by atoms with Crippen molar-refractivity contribution in [3.05, 3.63) is 34.9 Å². The smallest absolute Gasteiger partial charge is 0.0784 e. The number of unbranched alkanes of at least 4 members (excludes halogenated alkanes) is 3. The van der Waals surface area contributed by atoms with Crippen molar-refractivity contribution < 1.29 is 14.4 Å². The summed E-state index contributed by atoms with van der Waals surface area (Å²) in [6, 6.07) is 5.94. The van der Waals surface area contributed by atoms with E-state index in [1.165, 1.54) is 74.8 Å². The van der Waals surface area contributed by atoms with Crippen LogP contribution in [-0.2, 0) is 0 Å². The Bertz CT molecular complexity index is 441. The molecule has 0 bridgehead atoms. The number of nitrogens with zero attached hydrogens (tertiary/aromatic N) is 1. The number of benzene rings is 1. The van der Waals surface area contributed by atoms with Crippen LogP contribution in [0.15, 0.2) is 24.3 Å². The highest BCUT2D eigenvalue weighted by molar-refractivity contribution is 6.30. The molecule has 0 aliphatic heterocycles. The lowest BCUT2D eigenvalue weighted by Crippen LogP contribution is -2.46. The highest BCUT2D eigenvalue weighted by Crippen LogP contribution is 2.11. The standard InChI is InChI=1S/C13H30N.C7H5ClO2/c1-5-8-11-14(4,12-9-6-2)13-10-7-3;8-6-3-1-2-5(4-6)7(9)10/h5-13H2,1-4H3;1-4H,(H,9,10)/q+1;/p-1. The molecule has 0 fully saturated rings. The van der Waals surface area contributed by atoms with Crippen molar-refractivity contribution in [1.29, 1.82) is 0 Å². The van der Waals surface area contributed by atoms with Crippen molar-refractivity contribution in [2.75, 3.05) is 26.7 Å². The number of aromatic carboxylic acids is 1. The molecule has 0 aromatic heterocycles. The Hall–Kier alpha value is -1.06. The zero-order valence-electron chi connectivity index (χ0n) is 15.8. The normalized spacial score (nSPS) is 10.9. The van der Waals surface area contributed by atoms with E-state index in [0.717, 1.165) is 0 Å². The van der Waals surface area contributed by atoms with E-state index >= 15 is 0 Å². The Kier molecular flexibility index (Phi) is 12.7. The minimum Gasteiger partial charge on any atom is -0.545 e. The Labute approximate surface area is 153 Å². The van der Waals surface area contributed by atoms with E-state index in [1.54, 1.807) is 12.1 Å². The van der Waals surface area contributed by atoms with Gasteiger partial charge in [-0.2, -0.15) is 0 Å². The number of carboxylic acids is 1. The number of carbonyl (C=O) groups is 1. The molecular formula is C20H34ClNO2. The summed E-state index contributed by atoms with van der Waals surface area (Å²) in [7, 11) is 2.45. The molecule has 3 nitrogen and oxygen atoms in total. The first-order chi connectivity index (χ1) is 11.4. The molecule has 0 spiro atoms. The van der Waals surface area contributed by atoms with Gasteiger partial charge in [0.2, 0.25) is 0 Å². The van der Waals surface area contributed by atoms with Gasteiger partial charge in [0.25, 0.3) is 0 Å². The van der Waals surface area contributed by atoms with Gasteiger partial charge in [0.15, 0.2) is 0 Å². The first-order valence-electron chi connectivity index (χ1n) is 9.19. The predicted octanol–water partition coefficient (Wildman–Crippen LogP) is 4.54. The molecule has 1 aromatic rings. The van der Waals surface area contributed by atoms with Gasteiger partial charge in [-0.25, -0.2) is 0 Å². The summed E-state index contributed by atoms with van der Waals surface area (Å²) in [5, 5.41) is 10.6. The summed E-state index contributed by atoms with van der Waals surface area (Å²) >= 11 is 5.50.